The van der Waals surface area contributed by atoms with E-state index in [0.29, 0.717) is 12.0 Å². The van der Waals surface area contributed by atoms with Crippen LogP contribution in [0.4, 0.5) is 0 Å². The van der Waals surface area contributed by atoms with Crippen molar-refractivity contribution < 1.29 is 9.47 Å². The molecular formula is C18H31N3O2. The number of guanidine groups is 1. The summed E-state index contributed by atoms with van der Waals surface area (Å²) in [5.41, 5.74) is 1.18. The lowest BCUT2D eigenvalue weighted by Gasteiger charge is -2.20. The van der Waals surface area contributed by atoms with Gasteiger partial charge in [0.15, 0.2) is 17.5 Å². The van der Waals surface area contributed by atoms with Crippen molar-refractivity contribution in [2.75, 3.05) is 27.3 Å². The van der Waals surface area contributed by atoms with Gasteiger partial charge in [-0.15, -0.1) is 0 Å². The maximum Gasteiger partial charge on any atom is 0.191 e. The van der Waals surface area contributed by atoms with Crippen LogP contribution in [0.2, 0.25) is 0 Å². The number of methoxy groups -OCH3 is 2. The molecule has 0 saturated carbocycles. The molecule has 0 aliphatic carbocycles. The molecule has 1 aromatic carbocycles. The Morgan fingerprint density at radius 3 is 2.39 bits per heavy atom. The van der Waals surface area contributed by atoms with Crippen LogP contribution in [0.3, 0.4) is 0 Å². The lowest BCUT2D eigenvalue weighted by Crippen LogP contribution is -2.44. The number of nitrogens with one attached hydrogen (secondary N) is 2. The Labute approximate surface area is 140 Å². The van der Waals surface area contributed by atoms with E-state index in [4.69, 9.17) is 9.47 Å². The minimum absolute atomic E-state index is 0.383. The van der Waals surface area contributed by atoms with Crippen molar-refractivity contribution in [3.8, 4) is 11.5 Å². The molecule has 1 atom stereocenters. The maximum atomic E-state index is 5.34. The third kappa shape index (κ3) is 6.38. The Balaban J connectivity index is 2.66. The maximum absolute atomic E-state index is 5.34. The number of hydrogen-bond donors (Lipinski definition) is 2. The zero-order chi connectivity index (χ0) is 17.2. The zero-order valence-electron chi connectivity index (χ0n) is 15.3. The number of rotatable bonds is 8. The number of hydrogen-bond acceptors (Lipinski definition) is 3. The van der Waals surface area contributed by atoms with Gasteiger partial charge < -0.3 is 20.1 Å². The first kappa shape index (κ1) is 19.1. The predicted octanol–water partition coefficient (Wildman–Crippen LogP) is 2.85. The van der Waals surface area contributed by atoms with Gasteiger partial charge in [0.05, 0.1) is 14.2 Å². The van der Waals surface area contributed by atoms with E-state index in [9.17, 15) is 0 Å². The molecule has 0 heterocycles. The lowest BCUT2D eigenvalue weighted by molar-refractivity contribution is 0.354. The van der Waals surface area contributed by atoms with Gasteiger partial charge >= 0.3 is 0 Å². The van der Waals surface area contributed by atoms with Crippen molar-refractivity contribution in [2.24, 2.45) is 10.9 Å². The molecule has 0 radical (unpaired) electrons. The molecule has 130 valence electrons. The highest BCUT2D eigenvalue weighted by Crippen LogP contribution is 2.27. The van der Waals surface area contributed by atoms with Crippen LogP contribution in [0.1, 0.15) is 33.3 Å². The van der Waals surface area contributed by atoms with Gasteiger partial charge in [0.1, 0.15) is 0 Å². The second-order valence-corrected chi connectivity index (χ2v) is 5.88. The van der Waals surface area contributed by atoms with Crippen LogP contribution in [-0.4, -0.2) is 39.3 Å². The fraction of sp³-hybridized carbons (Fsp3) is 0.611. The molecule has 1 rings (SSSR count). The molecular weight excluding hydrogens is 290 g/mol. The Morgan fingerprint density at radius 2 is 1.83 bits per heavy atom. The third-order valence-corrected chi connectivity index (χ3v) is 3.83. The summed E-state index contributed by atoms with van der Waals surface area (Å²) in [5.74, 6) is 2.94. The Hall–Kier alpha value is -1.91. The van der Waals surface area contributed by atoms with Gasteiger partial charge in [0.25, 0.3) is 0 Å². The molecule has 0 saturated heterocycles. The number of nitrogens with zero attached hydrogens (tertiary/aromatic N) is 1. The van der Waals surface area contributed by atoms with E-state index in [-0.39, 0.29) is 0 Å². The molecule has 0 amide bonds. The van der Waals surface area contributed by atoms with Gasteiger partial charge in [-0.25, -0.2) is 0 Å². The number of aliphatic imine (C=N–C) groups is 1. The predicted molar refractivity (Wildman–Crippen MR) is 96.7 cm³/mol. The first-order valence-corrected chi connectivity index (χ1v) is 8.27. The van der Waals surface area contributed by atoms with Gasteiger partial charge in [0.2, 0.25) is 0 Å². The summed E-state index contributed by atoms with van der Waals surface area (Å²) in [4.78, 5) is 4.65. The molecule has 0 spiro atoms. The van der Waals surface area contributed by atoms with Gasteiger partial charge in [0, 0.05) is 19.1 Å². The van der Waals surface area contributed by atoms with Crippen molar-refractivity contribution in [3.63, 3.8) is 0 Å². The van der Waals surface area contributed by atoms with E-state index in [1.807, 2.05) is 18.2 Å². The summed E-state index contributed by atoms with van der Waals surface area (Å²) >= 11 is 0. The smallest absolute Gasteiger partial charge is 0.191 e. The van der Waals surface area contributed by atoms with Gasteiger partial charge in [-0.2, -0.15) is 0 Å². The molecule has 5 heteroatoms. The van der Waals surface area contributed by atoms with E-state index in [2.05, 4.69) is 43.3 Å². The van der Waals surface area contributed by atoms with Crippen molar-refractivity contribution >= 4 is 5.96 Å². The minimum atomic E-state index is 0.383. The molecule has 1 aromatic rings. The topological polar surface area (TPSA) is 54.9 Å². The second-order valence-electron chi connectivity index (χ2n) is 5.88. The van der Waals surface area contributed by atoms with Crippen LogP contribution in [0.15, 0.2) is 23.2 Å². The van der Waals surface area contributed by atoms with Crippen LogP contribution in [0, 0.1) is 5.92 Å². The van der Waals surface area contributed by atoms with Crippen molar-refractivity contribution in [2.45, 2.75) is 40.2 Å². The summed E-state index contributed by atoms with van der Waals surface area (Å²) in [7, 11) is 3.30. The highest BCUT2D eigenvalue weighted by molar-refractivity contribution is 5.80. The van der Waals surface area contributed by atoms with Crippen molar-refractivity contribution in [3.05, 3.63) is 23.8 Å². The second kappa shape index (κ2) is 9.98. The van der Waals surface area contributed by atoms with Gasteiger partial charge in [-0.05, 0) is 43.9 Å². The van der Waals surface area contributed by atoms with Gasteiger partial charge in [-0.1, -0.05) is 19.9 Å². The molecule has 0 aliphatic rings. The molecule has 0 aliphatic heterocycles. The SMILES string of the molecule is CCNC(=NCCc1ccc(OC)c(OC)c1)NC(C)C(C)C. The van der Waals surface area contributed by atoms with Crippen LogP contribution in [-0.2, 0) is 6.42 Å². The molecule has 23 heavy (non-hydrogen) atoms. The van der Waals surface area contributed by atoms with Crippen molar-refractivity contribution in [1.82, 2.24) is 10.6 Å². The molecule has 0 aromatic heterocycles. The summed E-state index contributed by atoms with van der Waals surface area (Å²) in [5, 5.41) is 6.73. The normalized spacial score (nSPS) is 12.9. The largest absolute Gasteiger partial charge is 0.493 e. The fourth-order valence-corrected chi connectivity index (χ4v) is 2.04. The van der Waals surface area contributed by atoms with E-state index in [1.165, 1.54) is 5.56 Å². The van der Waals surface area contributed by atoms with Crippen LogP contribution >= 0.6 is 0 Å². The third-order valence-electron chi connectivity index (χ3n) is 3.83. The Kier molecular flexibility index (Phi) is 8.30. The molecule has 5 nitrogen and oxygen atoms in total. The Bertz CT molecular complexity index is 501. The van der Waals surface area contributed by atoms with Crippen molar-refractivity contribution in [1.29, 1.82) is 0 Å². The lowest BCUT2D eigenvalue weighted by atomic mass is 10.1. The van der Waals surface area contributed by atoms with Crippen LogP contribution < -0.4 is 20.1 Å². The fourth-order valence-electron chi connectivity index (χ4n) is 2.04. The van der Waals surface area contributed by atoms with E-state index >= 15 is 0 Å². The monoisotopic (exact) mass is 321 g/mol. The standard InChI is InChI=1S/C18H31N3O2/c1-7-19-18(21-14(4)13(2)3)20-11-10-15-8-9-16(22-5)17(12-15)23-6/h8-9,12-14H,7,10-11H2,1-6H3,(H2,19,20,21). The molecule has 0 bridgehead atoms. The van der Waals surface area contributed by atoms with Crippen LogP contribution in [0.25, 0.3) is 0 Å². The van der Waals surface area contributed by atoms with E-state index in [1.54, 1.807) is 14.2 Å². The summed E-state index contributed by atoms with van der Waals surface area (Å²) < 4.78 is 10.6. The van der Waals surface area contributed by atoms with E-state index in [0.717, 1.165) is 37.0 Å². The first-order chi connectivity index (χ1) is 11.0. The molecule has 0 fully saturated rings. The van der Waals surface area contributed by atoms with Crippen LogP contribution in [0.5, 0.6) is 11.5 Å². The quantitative estimate of drug-likeness (QED) is 0.571. The highest BCUT2D eigenvalue weighted by atomic mass is 16.5. The highest BCUT2D eigenvalue weighted by Gasteiger charge is 2.09. The first-order valence-electron chi connectivity index (χ1n) is 8.27. The minimum Gasteiger partial charge on any atom is -0.493 e. The average Bonchev–Trinajstić information content (AvgIpc) is 2.54. The van der Waals surface area contributed by atoms with Gasteiger partial charge in [-0.3, -0.25) is 4.99 Å². The van der Waals surface area contributed by atoms with E-state index < -0.39 is 0 Å². The Morgan fingerprint density at radius 1 is 1.13 bits per heavy atom. The number of ether oxygens (including phenoxy) is 2. The molecule has 2 N–H and O–H groups in total. The zero-order valence-corrected chi connectivity index (χ0v) is 15.3. The number of benzene rings is 1. The summed E-state index contributed by atoms with van der Waals surface area (Å²) in [6.45, 7) is 10.2. The summed E-state index contributed by atoms with van der Waals surface area (Å²) in [6.07, 6.45) is 0.854. The summed E-state index contributed by atoms with van der Waals surface area (Å²) in [6, 6.07) is 6.37. The molecule has 1 unspecified atom stereocenters. The average molecular weight is 321 g/mol.